The van der Waals surface area contributed by atoms with Crippen LogP contribution >= 0.6 is 0 Å². The van der Waals surface area contributed by atoms with E-state index in [1.165, 1.54) is 38.5 Å². The molecule has 3 aliphatic heterocycles. The SMILES string of the molecule is CCNC(=NCC1(CCO)CCCC1)N1CC2C3CCC(O3)C2C1. The van der Waals surface area contributed by atoms with Crippen molar-refractivity contribution in [2.45, 2.75) is 64.1 Å². The van der Waals surface area contributed by atoms with Gasteiger partial charge in [0.05, 0.1) is 12.2 Å². The van der Waals surface area contributed by atoms with Crippen LogP contribution in [0.3, 0.4) is 0 Å². The van der Waals surface area contributed by atoms with Gasteiger partial charge in [0.2, 0.25) is 0 Å². The average Bonchev–Trinajstić information content (AvgIpc) is 3.32. The topological polar surface area (TPSA) is 57.1 Å². The standard InChI is InChI=1S/C19H33N3O2/c1-2-20-18(21-13-19(9-10-23)7-3-4-8-19)22-11-14-15(12-22)17-6-5-16(14)24-17/h14-17,23H,2-13H2,1H3,(H,20,21). The van der Waals surface area contributed by atoms with Crippen molar-refractivity contribution < 1.29 is 9.84 Å². The van der Waals surface area contributed by atoms with Crippen molar-refractivity contribution in [3.63, 3.8) is 0 Å². The predicted octanol–water partition coefficient (Wildman–Crippen LogP) is 2.00. The summed E-state index contributed by atoms with van der Waals surface area (Å²) in [5, 5.41) is 13.0. The minimum Gasteiger partial charge on any atom is -0.396 e. The number of ether oxygens (including phenoxy) is 1. The maximum Gasteiger partial charge on any atom is 0.193 e. The van der Waals surface area contributed by atoms with Gasteiger partial charge in [-0.25, -0.2) is 0 Å². The molecule has 4 unspecified atom stereocenters. The first-order valence-electron chi connectivity index (χ1n) is 10.0. The predicted molar refractivity (Wildman–Crippen MR) is 95.0 cm³/mol. The maximum atomic E-state index is 9.46. The van der Waals surface area contributed by atoms with Crippen LogP contribution in [0.25, 0.3) is 0 Å². The number of aliphatic imine (C=N–C) groups is 1. The third-order valence-corrected chi connectivity index (χ3v) is 6.96. The van der Waals surface area contributed by atoms with Crippen LogP contribution in [0.5, 0.6) is 0 Å². The number of nitrogens with one attached hydrogen (secondary N) is 1. The number of aliphatic hydroxyl groups excluding tert-OH is 1. The Morgan fingerprint density at radius 1 is 1.21 bits per heavy atom. The number of likely N-dealkylation sites (tertiary alicyclic amines) is 1. The third-order valence-electron chi connectivity index (χ3n) is 6.96. The fourth-order valence-corrected chi connectivity index (χ4v) is 5.65. The Labute approximate surface area is 145 Å². The molecule has 4 fully saturated rings. The van der Waals surface area contributed by atoms with E-state index in [1.54, 1.807) is 0 Å². The lowest BCUT2D eigenvalue weighted by Gasteiger charge is -2.28. The van der Waals surface area contributed by atoms with E-state index >= 15 is 0 Å². The van der Waals surface area contributed by atoms with E-state index < -0.39 is 0 Å². The Morgan fingerprint density at radius 2 is 1.88 bits per heavy atom. The second-order valence-electron chi connectivity index (χ2n) is 8.37. The first kappa shape index (κ1) is 16.6. The number of rotatable bonds is 5. The van der Waals surface area contributed by atoms with Crippen molar-refractivity contribution in [3.8, 4) is 0 Å². The summed E-state index contributed by atoms with van der Waals surface area (Å²) in [7, 11) is 0. The van der Waals surface area contributed by atoms with E-state index in [4.69, 9.17) is 9.73 Å². The van der Waals surface area contributed by atoms with Crippen LogP contribution in [0.15, 0.2) is 4.99 Å². The molecule has 0 amide bonds. The fourth-order valence-electron chi connectivity index (χ4n) is 5.65. The van der Waals surface area contributed by atoms with Crippen LogP contribution in [0, 0.1) is 17.3 Å². The minimum atomic E-state index is 0.243. The van der Waals surface area contributed by atoms with Crippen molar-refractivity contribution in [3.05, 3.63) is 0 Å². The van der Waals surface area contributed by atoms with E-state index in [1.807, 2.05) is 0 Å². The molecular formula is C19H33N3O2. The Morgan fingerprint density at radius 3 is 2.46 bits per heavy atom. The van der Waals surface area contributed by atoms with Gasteiger partial charge in [0.25, 0.3) is 0 Å². The third kappa shape index (κ3) is 2.94. The highest BCUT2D eigenvalue weighted by Crippen LogP contribution is 2.47. The molecule has 3 heterocycles. The van der Waals surface area contributed by atoms with Gasteiger partial charge in [-0.05, 0) is 44.4 Å². The lowest BCUT2D eigenvalue weighted by atomic mass is 9.82. The molecule has 0 radical (unpaired) electrons. The molecule has 2 N–H and O–H groups in total. The van der Waals surface area contributed by atoms with Crippen LogP contribution in [-0.2, 0) is 4.74 Å². The molecule has 5 nitrogen and oxygen atoms in total. The lowest BCUT2D eigenvalue weighted by Crippen LogP contribution is -2.42. The summed E-state index contributed by atoms with van der Waals surface area (Å²) < 4.78 is 6.10. The normalized spacial score (nSPS) is 37.2. The van der Waals surface area contributed by atoms with Gasteiger partial charge in [-0.1, -0.05) is 12.8 Å². The zero-order valence-electron chi connectivity index (χ0n) is 15.0. The summed E-state index contributed by atoms with van der Waals surface area (Å²) in [5.41, 5.74) is 0.243. The van der Waals surface area contributed by atoms with E-state index in [9.17, 15) is 5.11 Å². The molecule has 0 spiro atoms. The van der Waals surface area contributed by atoms with E-state index in [0.717, 1.165) is 38.6 Å². The van der Waals surface area contributed by atoms with Crippen LogP contribution in [0.4, 0.5) is 0 Å². The lowest BCUT2D eigenvalue weighted by molar-refractivity contribution is 0.0766. The number of hydrogen-bond acceptors (Lipinski definition) is 3. The largest absolute Gasteiger partial charge is 0.396 e. The molecular weight excluding hydrogens is 302 g/mol. The second-order valence-corrected chi connectivity index (χ2v) is 8.37. The van der Waals surface area contributed by atoms with Crippen LogP contribution < -0.4 is 5.32 Å². The smallest absolute Gasteiger partial charge is 0.193 e. The van der Waals surface area contributed by atoms with Crippen LogP contribution in [0.1, 0.15) is 51.9 Å². The van der Waals surface area contributed by atoms with Crippen LogP contribution in [0.2, 0.25) is 0 Å². The molecule has 5 heteroatoms. The molecule has 4 aliphatic rings. The Balaban J connectivity index is 1.44. The highest BCUT2D eigenvalue weighted by Gasteiger charge is 2.53. The highest BCUT2D eigenvalue weighted by atomic mass is 16.5. The molecule has 1 saturated carbocycles. The highest BCUT2D eigenvalue weighted by molar-refractivity contribution is 5.80. The Kier molecular flexibility index (Phi) is 4.74. The van der Waals surface area contributed by atoms with Gasteiger partial charge in [-0.3, -0.25) is 4.99 Å². The molecule has 0 aromatic carbocycles. The monoisotopic (exact) mass is 335 g/mol. The van der Waals surface area contributed by atoms with Gasteiger partial charge in [0, 0.05) is 44.6 Å². The zero-order valence-corrected chi connectivity index (χ0v) is 15.0. The molecule has 24 heavy (non-hydrogen) atoms. The molecule has 2 bridgehead atoms. The fraction of sp³-hybridized carbons (Fsp3) is 0.947. The molecule has 4 rings (SSSR count). The van der Waals surface area contributed by atoms with Gasteiger partial charge >= 0.3 is 0 Å². The summed E-state index contributed by atoms with van der Waals surface area (Å²) >= 11 is 0. The van der Waals surface area contributed by atoms with Crippen molar-refractivity contribution in [1.82, 2.24) is 10.2 Å². The van der Waals surface area contributed by atoms with Gasteiger partial charge in [0.15, 0.2) is 5.96 Å². The summed E-state index contributed by atoms with van der Waals surface area (Å²) in [6, 6.07) is 0. The van der Waals surface area contributed by atoms with Crippen molar-refractivity contribution >= 4 is 5.96 Å². The molecule has 0 aromatic heterocycles. The van der Waals surface area contributed by atoms with E-state index in [2.05, 4.69) is 17.1 Å². The zero-order chi connectivity index (χ0) is 16.6. The second kappa shape index (κ2) is 6.83. The first-order valence-corrected chi connectivity index (χ1v) is 10.0. The average molecular weight is 335 g/mol. The molecule has 3 saturated heterocycles. The number of guanidine groups is 1. The quantitative estimate of drug-likeness (QED) is 0.596. The summed E-state index contributed by atoms with van der Waals surface area (Å²) in [4.78, 5) is 7.53. The molecule has 0 aromatic rings. The Bertz CT molecular complexity index is 457. The number of nitrogens with zero attached hydrogens (tertiary/aromatic N) is 2. The molecule has 136 valence electrons. The first-order chi connectivity index (χ1) is 11.7. The number of hydrogen-bond donors (Lipinski definition) is 2. The Hall–Kier alpha value is -0.810. The molecule has 1 aliphatic carbocycles. The van der Waals surface area contributed by atoms with Gasteiger partial charge < -0.3 is 20.1 Å². The van der Waals surface area contributed by atoms with Crippen molar-refractivity contribution in [2.75, 3.05) is 32.8 Å². The minimum absolute atomic E-state index is 0.243. The molecule has 4 atom stereocenters. The summed E-state index contributed by atoms with van der Waals surface area (Å²) in [6.07, 6.45) is 9.45. The maximum absolute atomic E-state index is 9.46. The number of aliphatic hydroxyl groups is 1. The van der Waals surface area contributed by atoms with Crippen molar-refractivity contribution in [2.24, 2.45) is 22.2 Å². The summed E-state index contributed by atoms with van der Waals surface area (Å²) in [5.74, 6) is 2.52. The van der Waals surface area contributed by atoms with Gasteiger partial charge in [0.1, 0.15) is 0 Å². The van der Waals surface area contributed by atoms with E-state index in [-0.39, 0.29) is 5.41 Å². The summed E-state index contributed by atoms with van der Waals surface area (Å²) in [6.45, 7) is 6.43. The van der Waals surface area contributed by atoms with Gasteiger partial charge in [-0.15, -0.1) is 0 Å². The van der Waals surface area contributed by atoms with Crippen LogP contribution in [-0.4, -0.2) is 61.0 Å². The van der Waals surface area contributed by atoms with Crippen molar-refractivity contribution in [1.29, 1.82) is 0 Å². The van der Waals surface area contributed by atoms with Gasteiger partial charge in [-0.2, -0.15) is 0 Å². The van der Waals surface area contributed by atoms with E-state index in [0.29, 0.717) is 30.7 Å². The number of fused-ring (bicyclic) bond motifs is 5.